The van der Waals surface area contributed by atoms with Crippen LogP contribution in [0.15, 0.2) is 24.4 Å². The summed E-state index contributed by atoms with van der Waals surface area (Å²) in [5.74, 6) is 0.961. The fourth-order valence-electron chi connectivity index (χ4n) is 1.60. The number of halogens is 1. The van der Waals surface area contributed by atoms with Gasteiger partial charge in [-0.25, -0.2) is 0 Å². The van der Waals surface area contributed by atoms with Gasteiger partial charge in [0.05, 0.1) is 0 Å². The molecule has 0 amide bonds. The summed E-state index contributed by atoms with van der Waals surface area (Å²) in [5.41, 5.74) is 7.83. The fourth-order valence-corrected chi connectivity index (χ4v) is 1.83. The van der Waals surface area contributed by atoms with E-state index in [4.69, 9.17) is 17.3 Å². The summed E-state index contributed by atoms with van der Waals surface area (Å²) in [4.78, 5) is 3.17. The van der Waals surface area contributed by atoms with Crippen molar-refractivity contribution in [3.05, 3.63) is 29.4 Å². The molecule has 0 fully saturated rings. The molecule has 0 bridgehead atoms. The van der Waals surface area contributed by atoms with Crippen LogP contribution in [0, 0.1) is 0 Å². The van der Waals surface area contributed by atoms with Gasteiger partial charge in [0.15, 0.2) is 0 Å². The van der Waals surface area contributed by atoms with Crippen molar-refractivity contribution in [2.45, 2.75) is 19.4 Å². The lowest BCUT2D eigenvalue weighted by Crippen LogP contribution is -2.39. The number of anilines is 1. The predicted octanol–water partition coefficient (Wildman–Crippen LogP) is 2.92. The van der Waals surface area contributed by atoms with Crippen LogP contribution in [0.2, 0.25) is 5.02 Å². The van der Waals surface area contributed by atoms with Crippen molar-refractivity contribution in [1.29, 1.82) is 0 Å². The van der Waals surface area contributed by atoms with Gasteiger partial charge in [0.25, 0.3) is 0 Å². The summed E-state index contributed by atoms with van der Waals surface area (Å²) in [6, 6.07) is 5.87. The largest absolute Gasteiger partial charge is 0.369 e. The first kappa shape index (κ1) is 11.3. The number of fused-ring (bicyclic) bond motifs is 1. The smallest absolute Gasteiger partial charge is 0.111 e. The fraction of sp³-hybridized carbons (Fsp3) is 0.333. The van der Waals surface area contributed by atoms with Crippen LogP contribution < -0.4 is 11.1 Å². The van der Waals surface area contributed by atoms with Gasteiger partial charge in [-0.3, -0.25) is 0 Å². The molecule has 1 aliphatic heterocycles. The molecule has 2 rings (SSSR count). The number of pyridine rings is 1. The van der Waals surface area contributed by atoms with E-state index in [0.29, 0.717) is 6.54 Å². The zero-order valence-electron chi connectivity index (χ0n) is 9.47. The van der Waals surface area contributed by atoms with Crippen molar-refractivity contribution in [2.24, 2.45) is 5.73 Å². The van der Waals surface area contributed by atoms with E-state index in [2.05, 4.69) is 10.3 Å². The summed E-state index contributed by atoms with van der Waals surface area (Å²) in [5, 5.41) is 4.08. The van der Waals surface area contributed by atoms with Crippen LogP contribution in [0.4, 0.5) is 5.82 Å². The number of aromatic nitrogens is 1. The Kier molecular flexibility index (Phi) is 2.82. The molecule has 86 valence electrons. The Morgan fingerprint density at radius 1 is 1.31 bits per heavy atom. The molecule has 1 aliphatic carbocycles. The van der Waals surface area contributed by atoms with Crippen molar-refractivity contribution in [1.82, 2.24) is 4.98 Å². The Bertz CT molecular complexity index is 456. The normalized spacial score (nSPS) is 12.0. The standard InChI is InChI=1S/C12H16ClN3/c1-12(2,14)7-16-11-9-3-4-10(13)8(9)5-6-15-11/h3-6,15-16H,7,14H2,1-2H3. The second-order valence-corrected chi connectivity index (χ2v) is 5.11. The van der Waals surface area contributed by atoms with E-state index in [1.54, 1.807) is 0 Å². The molecule has 0 aromatic rings. The molecule has 4 N–H and O–H groups in total. The van der Waals surface area contributed by atoms with E-state index in [9.17, 15) is 0 Å². The summed E-state index contributed by atoms with van der Waals surface area (Å²) in [6.45, 7) is 4.67. The first-order chi connectivity index (χ1) is 7.47. The highest BCUT2D eigenvalue weighted by Crippen LogP contribution is 2.35. The first-order valence-corrected chi connectivity index (χ1v) is 5.63. The molecule has 0 aromatic heterocycles. The molecule has 0 aromatic carbocycles. The summed E-state index contributed by atoms with van der Waals surface area (Å²) in [6.07, 6.45) is 1.88. The van der Waals surface area contributed by atoms with Gasteiger partial charge in [0, 0.05) is 34.4 Å². The van der Waals surface area contributed by atoms with Crippen LogP contribution >= 0.6 is 11.6 Å². The third kappa shape index (κ3) is 2.31. The summed E-state index contributed by atoms with van der Waals surface area (Å²) >= 11 is 6.07. The lowest BCUT2D eigenvalue weighted by molar-refractivity contribution is 0.548. The zero-order valence-corrected chi connectivity index (χ0v) is 10.2. The summed E-state index contributed by atoms with van der Waals surface area (Å²) in [7, 11) is 0. The molecule has 0 spiro atoms. The van der Waals surface area contributed by atoms with Gasteiger partial charge in [0.2, 0.25) is 0 Å². The second kappa shape index (κ2) is 4.00. The van der Waals surface area contributed by atoms with Crippen molar-refractivity contribution in [3.8, 4) is 11.1 Å². The number of nitrogens with two attached hydrogens (primary N) is 1. The second-order valence-electron chi connectivity index (χ2n) is 4.70. The first-order valence-electron chi connectivity index (χ1n) is 5.26. The van der Waals surface area contributed by atoms with Crippen LogP contribution in [0.5, 0.6) is 0 Å². The molecule has 0 radical (unpaired) electrons. The molecule has 0 unspecified atom stereocenters. The van der Waals surface area contributed by atoms with Gasteiger partial charge in [-0.2, -0.15) is 0 Å². The van der Waals surface area contributed by atoms with Crippen molar-refractivity contribution < 1.29 is 0 Å². The third-order valence-corrected chi connectivity index (χ3v) is 2.74. The average molecular weight is 238 g/mol. The lowest BCUT2D eigenvalue weighted by Gasteiger charge is -2.21. The van der Waals surface area contributed by atoms with Crippen molar-refractivity contribution >= 4 is 17.4 Å². The maximum Gasteiger partial charge on any atom is 0.111 e. The Morgan fingerprint density at radius 2 is 2.06 bits per heavy atom. The molecule has 4 heteroatoms. The third-order valence-electron chi connectivity index (χ3n) is 2.41. The van der Waals surface area contributed by atoms with Gasteiger partial charge in [-0.15, -0.1) is 0 Å². The van der Waals surface area contributed by atoms with E-state index in [1.807, 2.05) is 38.2 Å². The molecule has 0 saturated carbocycles. The van der Waals surface area contributed by atoms with E-state index >= 15 is 0 Å². The average Bonchev–Trinajstić information content (AvgIpc) is 2.57. The minimum atomic E-state index is -0.244. The van der Waals surface area contributed by atoms with Gasteiger partial charge in [-0.05, 0) is 32.0 Å². The number of aromatic amines is 1. The number of nitrogens with one attached hydrogen (secondary N) is 2. The highest BCUT2D eigenvalue weighted by atomic mass is 35.5. The number of hydrogen-bond donors (Lipinski definition) is 3. The summed E-state index contributed by atoms with van der Waals surface area (Å²) < 4.78 is 0. The minimum Gasteiger partial charge on any atom is -0.369 e. The topological polar surface area (TPSA) is 53.8 Å². The molecule has 0 saturated heterocycles. The lowest BCUT2D eigenvalue weighted by atomic mass is 10.1. The molecule has 0 atom stereocenters. The minimum absolute atomic E-state index is 0.244. The van der Waals surface area contributed by atoms with Gasteiger partial charge >= 0.3 is 0 Å². The van der Waals surface area contributed by atoms with Crippen molar-refractivity contribution in [2.75, 3.05) is 11.9 Å². The highest BCUT2D eigenvalue weighted by molar-refractivity contribution is 6.34. The number of rotatable bonds is 3. The number of H-pyrrole nitrogens is 1. The Hall–Kier alpha value is -1.19. The predicted molar refractivity (Wildman–Crippen MR) is 69.2 cm³/mol. The van der Waals surface area contributed by atoms with Gasteiger partial charge < -0.3 is 16.0 Å². The van der Waals surface area contributed by atoms with Crippen LogP contribution in [-0.2, 0) is 0 Å². The Labute approximate surface area is 100 Å². The van der Waals surface area contributed by atoms with Crippen LogP contribution in [0.1, 0.15) is 13.8 Å². The monoisotopic (exact) mass is 237 g/mol. The van der Waals surface area contributed by atoms with Crippen LogP contribution in [0.3, 0.4) is 0 Å². The quantitative estimate of drug-likeness (QED) is 0.769. The molecule has 3 nitrogen and oxygen atoms in total. The SMILES string of the molecule is CC(C)(N)CNc1[nH]ccc2c(Cl)ccc1-2. The Balaban J connectivity index is 2.24. The van der Waals surface area contributed by atoms with Crippen molar-refractivity contribution in [3.63, 3.8) is 0 Å². The molecule has 1 heterocycles. The van der Waals surface area contributed by atoms with E-state index in [1.165, 1.54) is 0 Å². The maximum absolute atomic E-state index is 6.07. The number of hydrogen-bond acceptors (Lipinski definition) is 2. The molecule has 16 heavy (non-hydrogen) atoms. The van der Waals surface area contributed by atoms with Gasteiger partial charge in [-0.1, -0.05) is 11.6 Å². The van der Waals surface area contributed by atoms with E-state index in [-0.39, 0.29) is 5.54 Å². The highest BCUT2D eigenvalue weighted by Gasteiger charge is 2.15. The molecular weight excluding hydrogens is 222 g/mol. The van der Waals surface area contributed by atoms with Crippen LogP contribution in [0.25, 0.3) is 11.1 Å². The molecule has 2 aliphatic rings. The molecular formula is C12H16ClN3. The Morgan fingerprint density at radius 3 is 2.75 bits per heavy atom. The maximum atomic E-state index is 6.07. The van der Waals surface area contributed by atoms with E-state index < -0.39 is 0 Å². The van der Waals surface area contributed by atoms with Gasteiger partial charge in [0.1, 0.15) is 5.82 Å². The van der Waals surface area contributed by atoms with Crippen LogP contribution in [-0.4, -0.2) is 17.1 Å². The zero-order chi connectivity index (χ0) is 11.8. The van der Waals surface area contributed by atoms with E-state index in [0.717, 1.165) is 22.0 Å².